The maximum Gasteiger partial charge on any atom is 0.309 e. The molecule has 2 fully saturated rings. The molecule has 12 heavy (non-hydrogen) atoms. The molecule has 3 heteroatoms. The molecule has 0 unspecified atom stereocenters. The van der Waals surface area contributed by atoms with Crippen LogP contribution in [0.5, 0.6) is 0 Å². The average Bonchev–Trinajstić information content (AvgIpc) is 2.19. The second-order valence-corrected chi connectivity index (χ2v) is 3.65. The first kappa shape index (κ1) is 7.77. The smallest absolute Gasteiger partial charge is 0.309 e. The van der Waals surface area contributed by atoms with E-state index >= 15 is 0 Å². The quantitative estimate of drug-likeness (QED) is 0.543. The molecule has 0 amide bonds. The molecule has 0 aromatic rings. The van der Waals surface area contributed by atoms with Crippen molar-refractivity contribution in [2.75, 3.05) is 7.11 Å². The number of rotatable bonds is 1. The Morgan fingerprint density at radius 3 is 2.67 bits per heavy atom. The Balaban J connectivity index is 2.10. The van der Waals surface area contributed by atoms with E-state index in [4.69, 9.17) is 0 Å². The summed E-state index contributed by atoms with van der Waals surface area (Å²) in [5, 5.41) is 0. The standard InChI is InChI=1S/C9H12O3/c1-12-9(11)7-4-8(10)6-3-2-5(6)7/h5-7H,2-4H2,1H3/t5-,6+,7-/m1/s1. The molecule has 2 aliphatic carbocycles. The number of carbonyl (C=O) groups excluding carboxylic acids is 2. The number of ether oxygens (including phenoxy) is 1. The van der Waals surface area contributed by atoms with E-state index in [2.05, 4.69) is 4.74 Å². The maximum atomic E-state index is 11.3. The number of ketones is 1. The molecule has 66 valence electrons. The molecular weight excluding hydrogens is 156 g/mol. The molecule has 0 N–H and O–H groups in total. The summed E-state index contributed by atoms with van der Waals surface area (Å²) < 4.78 is 4.64. The second kappa shape index (κ2) is 2.57. The van der Waals surface area contributed by atoms with Crippen molar-refractivity contribution >= 4 is 11.8 Å². The normalized spacial score (nSPS) is 38.8. The fourth-order valence-electron chi connectivity index (χ4n) is 2.34. The Morgan fingerprint density at radius 2 is 2.25 bits per heavy atom. The molecule has 3 atom stereocenters. The van der Waals surface area contributed by atoms with E-state index in [0.29, 0.717) is 12.3 Å². The average molecular weight is 168 g/mol. The lowest BCUT2D eigenvalue weighted by Gasteiger charge is -2.31. The summed E-state index contributed by atoms with van der Waals surface area (Å²) in [6.45, 7) is 0. The topological polar surface area (TPSA) is 43.4 Å². The Kier molecular flexibility index (Phi) is 1.67. The zero-order valence-corrected chi connectivity index (χ0v) is 7.08. The van der Waals surface area contributed by atoms with Gasteiger partial charge in [-0.25, -0.2) is 0 Å². The number of methoxy groups -OCH3 is 1. The zero-order chi connectivity index (χ0) is 8.72. The summed E-state index contributed by atoms with van der Waals surface area (Å²) in [5.41, 5.74) is 0. The van der Waals surface area contributed by atoms with Gasteiger partial charge >= 0.3 is 5.97 Å². The molecule has 2 rings (SSSR count). The second-order valence-electron chi connectivity index (χ2n) is 3.65. The minimum atomic E-state index is -0.199. The van der Waals surface area contributed by atoms with Gasteiger partial charge < -0.3 is 4.74 Å². The molecule has 0 spiro atoms. The summed E-state index contributed by atoms with van der Waals surface area (Å²) >= 11 is 0. The lowest BCUT2D eigenvalue weighted by molar-refractivity contribution is -0.148. The van der Waals surface area contributed by atoms with Crippen molar-refractivity contribution in [3.63, 3.8) is 0 Å². The molecule has 0 saturated heterocycles. The van der Waals surface area contributed by atoms with Gasteiger partial charge in [0.25, 0.3) is 0 Å². The van der Waals surface area contributed by atoms with Crippen LogP contribution in [0, 0.1) is 17.8 Å². The van der Waals surface area contributed by atoms with E-state index in [1.807, 2.05) is 0 Å². The van der Waals surface area contributed by atoms with Crippen molar-refractivity contribution in [1.82, 2.24) is 0 Å². The highest BCUT2D eigenvalue weighted by atomic mass is 16.5. The zero-order valence-electron chi connectivity index (χ0n) is 7.08. The summed E-state index contributed by atoms with van der Waals surface area (Å²) in [6.07, 6.45) is 2.43. The van der Waals surface area contributed by atoms with Crippen molar-refractivity contribution in [2.45, 2.75) is 19.3 Å². The van der Waals surface area contributed by atoms with Crippen LogP contribution in [-0.2, 0) is 14.3 Å². The first-order valence-corrected chi connectivity index (χ1v) is 4.34. The number of hydrogen-bond acceptors (Lipinski definition) is 3. The molecule has 0 aliphatic heterocycles. The van der Waals surface area contributed by atoms with Gasteiger partial charge in [-0.15, -0.1) is 0 Å². The first-order chi connectivity index (χ1) is 5.74. The Labute approximate surface area is 71.1 Å². The predicted molar refractivity (Wildman–Crippen MR) is 41.3 cm³/mol. The van der Waals surface area contributed by atoms with E-state index < -0.39 is 0 Å². The first-order valence-electron chi connectivity index (χ1n) is 4.34. The number of carbonyl (C=O) groups is 2. The number of hydrogen-bond donors (Lipinski definition) is 0. The van der Waals surface area contributed by atoms with Crippen LogP contribution in [0.1, 0.15) is 19.3 Å². The van der Waals surface area contributed by atoms with E-state index in [1.54, 1.807) is 0 Å². The highest BCUT2D eigenvalue weighted by molar-refractivity contribution is 5.91. The van der Waals surface area contributed by atoms with Gasteiger partial charge in [0, 0.05) is 12.3 Å². The maximum absolute atomic E-state index is 11.3. The highest BCUT2D eigenvalue weighted by Gasteiger charge is 2.51. The van der Waals surface area contributed by atoms with Crippen LogP contribution < -0.4 is 0 Å². The molecule has 0 aromatic carbocycles. The van der Waals surface area contributed by atoms with Crippen LogP contribution in [0.15, 0.2) is 0 Å². The summed E-state index contributed by atoms with van der Waals surface area (Å²) in [5.74, 6) is 0.442. The van der Waals surface area contributed by atoms with Crippen LogP contribution in [0.25, 0.3) is 0 Å². The molecular formula is C9H12O3. The van der Waals surface area contributed by atoms with E-state index in [1.165, 1.54) is 7.11 Å². The van der Waals surface area contributed by atoms with Crippen molar-refractivity contribution in [3.8, 4) is 0 Å². The highest BCUT2D eigenvalue weighted by Crippen LogP contribution is 2.48. The number of fused-ring (bicyclic) bond motifs is 1. The van der Waals surface area contributed by atoms with Gasteiger partial charge in [0.15, 0.2) is 0 Å². The van der Waals surface area contributed by atoms with Crippen LogP contribution in [0.4, 0.5) is 0 Å². The van der Waals surface area contributed by atoms with Crippen molar-refractivity contribution < 1.29 is 14.3 Å². The number of Topliss-reactive ketones (excluding diaryl/α,β-unsaturated/α-hetero) is 1. The Morgan fingerprint density at radius 1 is 1.50 bits per heavy atom. The molecule has 2 aliphatic rings. The molecule has 0 heterocycles. The molecule has 0 radical (unpaired) electrons. The van der Waals surface area contributed by atoms with Crippen molar-refractivity contribution in [1.29, 1.82) is 0 Å². The van der Waals surface area contributed by atoms with E-state index in [0.717, 1.165) is 12.8 Å². The summed E-state index contributed by atoms with van der Waals surface area (Å²) in [7, 11) is 1.39. The van der Waals surface area contributed by atoms with Gasteiger partial charge in [-0.3, -0.25) is 9.59 Å². The van der Waals surface area contributed by atoms with Gasteiger partial charge in [-0.05, 0) is 18.8 Å². The third-order valence-corrected chi connectivity index (χ3v) is 3.18. The van der Waals surface area contributed by atoms with Crippen LogP contribution in [-0.4, -0.2) is 18.9 Å². The van der Waals surface area contributed by atoms with Crippen molar-refractivity contribution in [3.05, 3.63) is 0 Å². The lowest BCUT2D eigenvalue weighted by atomic mass is 9.72. The van der Waals surface area contributed by atoms with Gasteiger partial charge in [-0.1, -0.05) is 0 Å². The molecule has 2 saturated carbocycles. The monoisotopic (exact) mass is 168 g/mol. The minimum Gasteiger partial charge on any atom is -0.469 e. The minimum absolute atomic E-state index is 0.124. The fraction of sp³-hybridized carbons (Fsp3) is 0.778. The Bertz CT molecular complexity index is 234. The van der Waals surface area contributed by atoms with Crippen LogP contribution in [0.3, 0.4) is 0 Å². The van der Waals surface area contributed by atoms with Crippen LogP contribution >= 0.6 is 0 Å². The van der Waals surface area contributed by atoms with Crippen LogP contribution in [0.2, 0.25) is 0 Å². The molecule has 0 aromatic heterocycles. The third kappa shape index (κ3) is 0.886. The largest absolute Gasteiger partial charge is 0.469 e. The lowest BCUT2D eigenvalue weighted by Crippen LogP contribution is -2.31. The SMILES string of the molecule is COC(=O)[C@@H]1CC(=O)[C@H]2CC[C@H]21. The molecule has 3 nitrogen and oxygen atoms in total. The van der Waals surface area contributed by atoms with Crippen molar-refractivity contribution in [2.24, 2.45) is 17.8 Å². The summed E-state index contributed by atoms with van der Waals surface area (Å²) in [6, 6.07) is 0. The summed E-state index contributed by atoms with van der Waals surface area (Å²) in [4.78, 5) is 22.4. The van der Waals surface area contributed by atoms with E-state index in [9.17, 15) is 9.59 Å². The van der Waals surface area contributed by atoms with Gasteiger partial charge in [-0.2, -0.15) is 0 Å². The van der Waals surface area contributed by atoms with Gasteiger partial charge in [0.1, 0.15) is 5.78 Å². The van der Waals surface area contributed by atoms with E-state index in [-0.39, 0.29) is 23.6 Å². The third-order valence-electron chi connectivity index (χ3n) is 3.18. The number of esters is 1. The van der Waals surface area contributed by atoms with Gasteiger partial charge in [0.05, 0.1) is 13.0 Å². The Hall–Kier alpha value is -0.860. The van der Waals surface area contributed by atoms with Gasteiger partial charge in [0.2, 0.25) is 0 Å². The molecule has 0 bridgehead atoms. The predicted octanol–water partition coefficient (Wildman–Crippen LogP) is 0.775. The fourth-order valence-corrected chi connectivity index (χ4v) is 2.34.